The Morgan fingerprint density at radius 2 is 1.86 bits per heavy atom. The Morgan fingerprint density at radius 3 is 2.75 bits per heavy atom. The van der Waals surface area contributed by atoms with E-state index >= 15 is 0 Å². The van der Waals surface area contributed by atoms with E-state index in [2.05, 4.69) is 31.3 Å². The molecule has 0 saturated heterocycles. The maximum absolute atomic E-state index is 12.3. The van der Waals surface area contributed by atoms with Gasteiger partial charge in [-0.25, -0.2) is 9.97 Å². The van der Waals surface area contributed by atoms with Crippen molar-refractivity contribution in [3.05, 3.63) is 65.9 Å². The molecule has 5 aromatic rings. The van der Waals surface area contributed by atoms with Crippen LogP contribution >= 0.6 is 11.3 Å². The molecule has 0 spiro atoms. The number of aryl methyl sites for hydroxylation is 1. The second kappa shape index (κ2) is 6.94. The summed E-state index contributed by atoms with van der Waals surface area (Å²) in [4.78, 5) is 27.9. The number of thiazole rings is 1. The zero-order valence-corrected chi connectivity index (χ0v) is 15.7. The van der Waals surface area contributed by atoms with Crippen LogP contribution in [0.2, 0.25) is 0 Å². The average Bonchev–Trinajstić information content (AvgIpc) is 3.43. The van der Waals surface area contributed by atoms with E-state index in [0.29, 0.717) is 18.0 Å². The number of nitrogens with zero attached hydrogens (tertiary/aromatic N) is 2. The summed E-state index contributed by atoms with van der Waals surface area (Å²) in [7, 11) is 0. The van der Waals surface area contributed by atoms with E-state index in [1.165, 1.54) is 11.3 Å². The third kappa shape index (κ3) is 3.16. The Kier molecular flexibility index (Phi) is 4.14. The van der Waals surface area contributed by atoms with Crippen LogP contribution in [0.15, 0.2) is 60.1 Å². The molecule has 138 valence electrons. The molecule has 0 saturated carbocycles. The van der Waals surface area contributed by atoms with Crippen molar-refractivity contribution in [2.24, 2.45) is 0 Å². The normalized spacial score (nSPS) is 11.3. The molecule has 3 heterocycles. The van der Waals surface area contributed by atoms with Crippen LogP contribution in [-0.2, 0) is 11.2 Å². The van der Waals surface area contributed by atoms with Crippen LogP contribution in [0.4, 0.5) is 5.13 Å². The first-order valence-electron chi connectivity index (χ1n) is 9.02. The summed E-state index contributed by atoms with van der Waals surface area (Å²) in [6.07, 6.45) is 2.86. The van der Waals surface area contributed by atoms with Gasteiger partial charge in [-0.3, -0.25) is 4.79 Å². The molecule has 0 atom stereocenters. The standard InChI is InChI=1S/C21H17N5OS/c27-20(10-9-19-23-16-7-3-4-8-17(16)24-19)26-21-25-18(12-28-21)14-11-22-15-6-2-1-5-13(14)15/h1-8,11-12,22H,9-10H2,(H,23,24)(H,25,26,27). The van der Waals surface area contributed by atoms with Gasteiger partial charge < -0.3 is 15.3 Å². The molecule has 2 aromatic carbocycles. The van der Waals surface area contributed by atoms with Crippen LogP contribution in [0, 0.1) is 0 Å². The molecule has 5 rings (SSSR count). The summed E-state index contributed by atoms with van der Waals surface area (Å²) >= 11 is 1.43. The maximum Gasteiger partial charge on any atom is 0.226 e. The molecule has 3 N–H and O–H groups in total. The lowest BCUT2D eigenvalue weighted by molar-refractivity contribution is -0.116. The summed E-state index contributed by atoms with van der Waals surface area (Å²) in [5, 5.41) is 6.58. The molecule has 0 unspecified atom stereocenters. The van der Waals surface area contributed by atoms with E-state index in [1.54, 1.807) is 0 Å². The van der Waals surface area contributed by atoms with Crippen molar-refractivity contribution >= 4 is 44.3 Å². The van der Waals surface area contributed by atoms with Crippen LogP contribution in [0.3, 0.4) is 0 Å². The van der Waals surface area contributed by atoms with Crippen molar-refractivity contribution < 1.29 is 4.79 Å². The maximum atomic E-state index is 12.3. The minimum atomic E-state index is -0.0692. The molecule has 3 aromatic heterocycles. The van der Waals surface area contributed by atoms with Gasteiger partial charge in [-0.15, -0.1) is 11.3 Å². The fraction of sp³-hybridized carbons (Fsp3) is 0.0952. The Hall–Kier alpha value is -3.45. The molecule has 28 heavy (non-hydrogen) atoms. The molecule has 7 heteroatoms. The number of fused-ring (bicyclic) bond motifs is 2. The minimum Gasteiger partial charge on any atom is -0.360 e. The molecule has 6 nitrogen and oxygen atoms in total. The van der Waals surface area contributed by atoms with Crippen LogP contribution < -0.4 is 5.32 Å². The summed E-state index contributed by atoms with van der Waals surface area (Å²) < 4.78 is 0. The molecule has 1 amide bonds. The van der Waals surface area contributed by atoms with Gasteiger partial charge in [0.25, 0.3) is 0 Å². The third-order valence-electron chi connectivity index (χ3n) is 4.64. The Morgan fingerprint density at radius 1 is 1.04 bits per heavy atom. The SMILES string of the molecule is O=C(CCc1nc2ccccc2[nH]1)Nc1nc(-c2c[nH]c3ccccc23)cs1. The predicted octanol–water partition coefficient (Wildman–Crippen LogP) is 4.74. The number of nitrogens with one attached hydrogen (secondary N) is 3. The minimum absolute atomic E-state index is 0.0692. The van der Waals surface area contributed by atoms with Crippen molar-refractivity contribution in [3.63, 3.8) is 0 Å². The number of hydrogen-bond acceptors (Lipinski definition) is 4. The van der Waals surface area contributed by atoms with E-state index in [4.69, 9.17) is 0 Å². The van der Waals surface area contributed by atoms with E-state index in [9.17, 15) is 4.79 Å². The van der Waals surface area contributed by atoms with E-state index in [-0.39, 0.29) is 5.91 Å². The monoisotopic (exact) mass is 387 g/mol. The molecular weight excluding hydrogens is 370 g/mol. The summed E-state index contributed by atoms with van der Waals surface area (Å²) in [5.41, 5.74) is 4.87. The number of carbonyl (C=O) groups is 1. The third-order valence-corrected chi connectivity index (χ3v) is 5.40. The quantitative estimate of drug-likeness (QED) is 0.407. The zero-order valence-electron chi connectivity index (χ0n) is 14.9. The highest BCUT2D eigenvalue weighted by Crippen LogP contribution is 2.30. The van der Waals surface area contributed by atoms with E-state index < -0.39 is 0 Å². The fourth-order valence-electron chi connectivity index (χ4n) is 3.28. The molecule has 0 bridgehead atoms. The van der Waals surface area contributed by atoms with Crippen LogP contribution in [-0.4, -0.2) is 25.8 Å². The Labute approximate surface area is 164 Å². The number of H-pyrrole nitrogens is 2. The summed E-state index contributed by atoms with van der Waals surface area (Å²) in [5.74, 6) is 0.746. The highest BCUT2D eigenvalue weighted by Gasteiger charge is 2.12. The second-order valence-corrected chi connectivity index (χ2v) is 7.39. The first-order chi connectivity index (χ1) is 13.8. The molecule has 0 radical (unpaired) electrons. The molecule has 0 aliphatic heterocycles. The number of amides is 1. The van der Waals surface area contributed by atoms with Gasteiger partial charge >= 0.3 is 0 Å². The number of carbonyl (C=O) groups excluding carboxylic acids is 1. The number of aromatic amines is 2. The van der Waals surface area contributed by atoms with Crippen molar-refractivity contribution in [1.82, 2.24) is 19.9 Å². The second-order valence-electron chi connectivity index (χ2n) is 6.53. The van der Waals surface area contributed by atoms with Gasteiger partial charge in [-0.1, -0.05) is 30.3 Å². The van der Waals surface area contributed by atoms with Gasteiger partial charge in [-0.2, -0.15) is 0 Å². The van der Waals surface area contributed by atoms with Gasteiger partial charge in [0.2, 0.25) is 5.91 Å². The number of imidazole rings is 1. The highest BCUT2D eigenvalue weighted by atomic mass is 32.1. The molecule has 0 aliphatic carbocycles. The number of rotatable bonds is 5. The lowest BCUT2D eigenvalue weighted by Crippen LogP contribution is -2.12. The summed E-state index contributed by atoms with van der Waals surface area (Å²) in [6.45, 7) is 0. The zero-order chi connectivity index (χ0) is 18.9. The topological polar surface area (TPSA) is 86.5 Å². The smallest absolute Gasteiger partial charge is 0.226 e. The van der Waals surface area contributed by atoms with Gasteiger partial charge in [0.1, 0.15) is 5.82 Å². The van der Waals surface area contributed by atoms with Gasteiger partial charge in [0.15, 0.2) is 5.13 Å². The van der Waals surface area contributed by atoms with E-state index in [0.717, 1.165) is 39.0 Å². The number of benzene rings is 2. The fourth-order valence-corrected chi connectivity index (χ4v) is 4.00. The number of hydrogen-bond donors (Lipinski definition) is 3. The number of aromatic nitrogens is 4. The molecular formula is C21H17N5OS. The number of para-hydroxylation sites is 3. The van der Waals surface area contributed by atoms with Crippen molar-refractivity contribution in [2.45, 2.75) is 12.8 Å². The van der Waals surface area contributed by atoms with Crippen LogP contribution in [0.25, 0.3) is 33.2 Å². The van der Waals surface area contributed by atoms with Gasteiger partial charge in [-0.05, 0) is 18.2 Å². The largest absolute Gasteiger partial charge is 0.360 e. The average molecular weight is 387 g/mol. The summed E-state index contributed by atoms with van der Waals surface area (Å²) in [6, 6.07) is 15.9. The van der Waals surface area contributed by atoms with Gasteiger partial charge in [0, 0.05) is 40.9 Å². The lowest BCUT2D eigenvalue weighted by Gasteiger charge is -2.00. The van der Waals surface area contributed by atoms with Crippen LogP contribution in [0.1, 0.15) is 12.2 Å². The predicted molar refractivity (Wildman–Crippen MR) is 112 cm³/mol. The molecule has 0 fully saturated rings. The first-order valence-corrected chi connectivity index (χ1v) is 9.90. The van der Waals surface area contributed by atoms with Crippen molar-refractivity contribution in [1.29, 1.82) is 0 Å². The van der Waals surface area contributed by atoms with Crippen molar-refractivity contribution in [2.75, 3.05) is 5.32 Å². The lowest BCUT2D eigenvalue weighted by atomic mass is 10.1. The van der Waals surface area contributed by atoms with Gasteiger partial charge in [0.05, 0.1) is 16.7 Å². The first kappa shape index (κ1) is 16.7. The molecule has 0 aliphatic rings. The number of anilines is 1. The Bertz CT molecular complexity index is 1250. The van der Waals surface area contributed by atoms with Crippen LogP contribution in [0.5, 0.6) is 0 Å². The Balaban J connectivity index is 1.25. The van der Waals surface area contributed by atoms with Crippen molar-refractivity contribution in [3.8, 4) is 11.3 Å². The van der Waals surface area contributed by atoms with E-state index in [1.807, 2.05) is 54.0 Å². The highest BCUT2D eigenvalue weighted by molar-refractivity contribution is 7.14.